The Labute approximate surface area is 257 Å². The summed E-state index contributed by atoms with van der Waals surface area (Å²) in [5, 5.41) is 2.51. The van der Waals surface area contributed by atoms with Gasteiger partial charge in [-0.15, -0.1) is 0 Å². The van der Waals surface area contributed by atoms with Gasteiger partial charge in [0.05, 0.1) is 5.69 Å². The monoisotopic (exact) mass is 559 g/mol. The van der Waals surface area contributed by atoms with Gasteiger partial charge in [0, 0.05) is 16.9 Å². The van der Waals surface area contributed by atoms with Crippen molar-refractivity contribution in [3.63, 3.8) is 0 Å². The van der Waals surface area contributed by atoms with Crippen LogP contribution >= 0.6 is 0 Å². The van der Waals surface area contributed by atoms with Gasteiger partial charge in [0.15, 0.2) is 0 Å². The third-order valence-corrected chi connectivity index (χ3v) is 8.35. The molecule has 6 aromatic carbocycles. The van der Waals surface area contributed by atoms with Crippen LogP contribution in [0.15, 0.2) is 140 Å². The molecule has 0 amide bonds. The molecule has 1 nitrogen and oxygen atoms in total. The molecule has 0 aliphatic heterocycles. The molecule has 0 N–H and O–H groups in total. The number of anilines is 3. The van der Waals surface area contributed by atoms with Crippen molar-refractivity contribution in [2.75, 3.05) is 4.90 Å². The molecule has 6 aromatic rings. The SMILES string of the molecule is CC(C)(C)c1cc(N(c2ccccc2)c2ccccc2-c2cccc3cccc(-c4ccccc4)c23)cc(C(C)(C)C)c1. The van der Waals surface area contributed by atoms with Gasteiger partial charge in [-0.3, -0.25) is 0 Å². The van der Waals surface area contributed by atoms with Crippen LogP contribution in [0.5, 0.6) is 0 Å². The van der Waals surface area contributed by atoms with Crippen LogP contribution in [0.3, 0.4) is 0 Å². The Morgan fingerprint density at radius 2 is 0.930 bits per heavy atom. The lowest BCUT2D eigenvalue weighted by atomic mass is 9.80. The van der Waals surface area contributed by atoms with E-state index in [1.165, 1.54) is 49.8 Å². The number of para-hydroxylation sites is 2. The van der Waals surface area contributed by atoms with Gasteiger partial charge in [0.1, 0.15) is 0 Å². The molecule has 0 fully saturated rings. The molecular weight excluding hydrogens is 518 g/mol. The van der Waals surface area contributed by atoms with Crippen molar-refractivity contribution in [1.82, 2.24) is 0 Å². The minimum absolute atomic E-state index is 0.0120. The van der Waals surface area contributed by atoms with Crippen molar-refractivity contribution < 1.29 is 0 Å². The Bertz CT molecular complexity index is 1830. The van der Waals surface area contributed by atoms with E-state index in [2.05, 4.69) is 186 Å². The summed E-state index contributed by atoms with van der Waals surface area (Å²) in [6.45, 7) is 13.8. The molecule has 0 atom stereocenters. The molecule has 0 aromatic heterocycles. The molecule has 43 heavy (non-hydrogen) atoms. The number of nitrogens with zero attached hydrogens (tertiary/aromatic N) is 1. The highest BCUT2D eigenvalue weighted by molar-refractivity contribution is 6.08. The van der Waals surface area contributed by atoms with Crippen LogP contribution in [0.4, 0.5) is 17.1 Å². The zero-order valence-electron chi connectivity index (χ0n) is 26.2. The zero-order chi connectivity index (χ0) is 30.2. The predicted octanol–water partition coefficient (Wildman–Crippen LogP) is 12.2. The van der Waals surface area contributed by atoms with Crippen molar-refractivity contribution in [2.24, 2.45) is 0 Å². The van der Waals surface area contributed by atoms with Gasteiger partial charge in [-0.05, 0) is 79.8 Å². The molecule has 0 saturated heterocycles. The zero-order valence-corrected chi connectivity index (χ0v) is 26.2. The molecule has 0 heterocycles. The summed E-state index contributed by atoms with van der Waals surface area (Å²) in [6, 6.07) is 50.9. The fourth-order valence-electron chi connectivity index (χ4n) is 5.93. The molecule has 0 aliphatic rings. The van der Waals surface area contributed by atoms with Crippen molar-refractivity contribution in [1.29, 1.82) is 0 Å². The maximum atomic E-state index is 2.45. The fraction of sp³-hybridized carbons (Fsp3) is 0.190. The average Bonchev–Trinajstić information content (AvgIpc) is 3.01. The molecule has 0 bridgehead atoms. The maximum absolute atomic E-state index is 2.45. The van der Waals surface area contributed by atoms with Gasteiger partial charge < -0.3 is 4.90 Å². The van der Waals surface area contributed by atoms with E-state index >= 15 is 0 Å². The molecular formula is C42H41N. The van der Waals surface area contributed by atoms with Crippen LogP contribution in [0, 0.1) is 0 Å². The van der Waals surface area contributed by atoms with Gasteiger partial charge in [-0.25, -0.2) is 0 Å². The molecule has 0 spiro atoms. The predicted molar refractivity (Wildman–Crippen MR) is 187 cm³/mol. The number of benzene rings is 6. The summed E-state index contributed by atoms with van der Waals surface area (Å²) in [7, 11) is 0. The first-order valence-electron chi connectivity index (χ1n) is 15.3. The highest BCUT2D eigenvalue weighted by Gasteiger charge is 2.25. The topological polar surface area (TPSA) is 3.24 Å². The summed E-state index contributed by atoms with van der Waals surface area (Å²) in [6.07, 6.45) is 0. The first kappa shape index (κ1) is 28.5. The van der Waals surface area contributed by atoms with Gasteiger partial charge in [0.2, 0.25) is 0 Å². The Balaban J connectivity index is 1.66. The Kier molecular flexibility index (Phi) is 7.44. The number of hydrogen-bond donors (Lipinski definition) is 0. The number of rotatable bonds is 5. The highest BCUT2D eigenvalue weighted by Crippen LogP contribution is 2.46. The second-order valence-corrected chi connectivity index (χ2v) is 13.5. The minimum atomic E-state index is 0.0120. The number of hydrogen-bond acceptors (Lipinski definition) is 1. The van der Waals surface area contributed by atoms with E-state index in [-0.39, 0.29) is 10.8 Å². The van der Waals surface area contributed by atoms with Crippen LogP contribution in [0.1, 0.15) is 52.7 Å². The first-order chi connectivity index (χ1) is 20.6. The van der Waals surface area contributed by atoms with Crippen LogP contribution in [-0.2, 0) is 10.8 Å². The van der Waals surface area contributed by atoms with Gasteiger partial charge in [0.25, 0.3) is 0 Å². The van der Waals surface area contributed by atoms with E-state index in [0.717, 1.165) is 11.4 Å². The van der Waals surface area contributed by atoms with Gasteiger partial charge in [-0.1, -0.05) is 151 Å². The van der Waals surface area contributed by atoms with Crippen LogP contribution in [0.25, 0.3) is 33.0 Å². The molecule has 214 valence electrons. The summed E-state index contributed by atoms with van der Waals surface area (Å²) in [5.41, 5.74) is 11.1. The summed E-state index contributed by atoms with van der Waals surface area (Å²) >= 11 is 0. The maximum Gasteiger partial charge on any atom is 0.0540 e. The third kappa shape index (κ3) is 5.73. The van der Waals surface area contributed by atoms with Crippen LogP contribution in [-0.4, -0.2) is 0 Å². The van der Waals surface area contributed by atoms with Crippen molar-refractivity contribution in [3.05, 3.63) is 151 Å². The first-order valence-corrected chi connectivity index (χ1v) is 15.3. The fourth-order valence-corrected chi connectivity index (χ4v) is 5.93. The van der Waals surface area contributed by atoms with Crippen LogP contribution in [0.2, 0.25) is 0 Å². The quantitative estimate of drug-likeness (QED) is 0.203. The van der Waals surface area contributed by atoms with Gasteiger partial charge in [-0.2, -0.15) is 0 Å². The molecule has 0 saturated carbocycles. The molecule has 0 radical (unpaired) electrons. The summed E-state index contributed by atoms with van der Waals surface area (Å²) in [4.78, 5) is 2.45. The molecule has 6 rings (SSSR count). The van der Waals surface area contributed by atoms with Gasteiger partial charge >= 0.3 is 0 Å². The number of fused-ring (bicyclic) bond motifs is 1. The lowest BCUT2D eigenvalue weighted by Crippen LogP contribution is -2.19. The van der Waals surface area contributed by atoms with E-state index in [9.17, 15) is 0 Å². The van der Waals surface area contributed by atoms with Crippen molar-refractivity contribution >= 4 is 27.8 Å². The Morgan fingerprint density at radius 3 is 1.53 bits per heavy atom. The largest absolute Gasteiger partial charge is 0.310 e. The Hall–Kier alpha value is -4.62. The third-order valence-electron chi connectivity index (χ3n) is 8.35. The van der Waals surface area contributed by atoms with E-state index in [4.69, 9.17) is 0 Å². The smallest absolute Gasteiger partial charge is 0.0540 e. The second kappa shape index (κ2) is 11.2. The van der Waals surface area contributed by atoms with E-state index in [0.29, 0.717) is 0 Å². The van der Waals surface area contributed by atoms with Crippen LogP contribution < -0.4 is 4.90 Å². The highest BCUT2D eigenvalue weighted by atomic mass is 15.1. The van der Waals surface area contributed by atoms with E-state index in [1.54, 1.807) is 0 Å². The standard InChI is InChI=1S/C42H41N/c1-41(2,3)32-27-33(42(4,5)6)29-35(28-32)43(34-21-11-8-12-22-34)39-26-14-13-23-37(39)38-25-16-20-31-19-15-24-36(40(31)38)30-17-9-7-10-18-30/h7-29H,1-6H3. The summed E-state index contributed by atoms with van der Waals surface area (Å²) < 4.78 is 0. The normalized spacial score (nSPS) is 12.0. The average molecular weight is 560 g/mol. The summed E-state index contributed by atoms with van der Waals surface area (Å²) in [5.74, 6) is 0. The molecule has 0 unspecified atom stereocenters. The van der Waals surface area contributed by atoms with Crippen molar-refractivity contribution in [3.8, 4) is 22.3 Å². The second-order valence-electron chi connectivity index (χ2n) is 13.5. The van der Waals surface area contributed by atoms with Crippen molar-refractivity contribution in [2.45, 2.75) is 52.4 Å². The lowest BCUT2D eigenvalue weighted by Gasteiger charge is -2.32. The lowest BCUT2D eigenvalue weighted by molar-refractivity contribution is 0.569. The Morgan fingerprint density at radius 1 is 0.419 bits per heavy atom. The minimum Gasteiger partial charge on any atom is -0.310 e. The van der Waals surface area contributed by atoms with E-state index < -0.39 is 0 Å². The molecule has 1 heteroatoms. The van der Waals surface area contributed by atoms with E-state index in [1.807, 2.05) is 0 Å². The molecule has 0 aliphatic carbocycles.